The van der Waals surface area contributed by atoms with Gasteiger partial charge in [-0.3, -0.25) is 0 Å². The van der Waals surface area contributed by atoms with Crippen LogP contribution in [0, 0.1) is 107 Å². The number of nitrogens with zero attached hydrogens (tertiary/aromatic N) is 12. The second-order valence-corrected chi connectivity index (χ2v) is 41.2. The van der Waals surface area contributed by atoms with Crippen LogP contribution in [-0.2, 0) is 58.2 Å². The normalized spacial score (nSPS) is 14.7. The Kier molecular flexibility index (Phi) is 24.8. The van der Waals surface area contributed by atoms with Crippen LogP contribution in [0.15, 0.2) is 243 Å². The van der Waals surface area contributed by atoms with Crippen LogP contribution in [0.5, 0.6) is 0 Å². The quantitative estimate of drug-likeness (QED) is 0.0480. The molecule has 0 aromatic heterocycles. The monoisotopic (exact) mass is 2010 g/mol. The maximum Gasteiger partial charge on any atom is 0.522 e. The van der Waals surface area contributed by atoms with E-state index in [1.54, 1.807) is 36.4 Å². The Hall–Kier alpha value is -15.7. The smallest absolute Gasteiger partial charge is 0.214 e. The number of halogens is 22. The zero-order valence-corrected chi connectivity index (χ0v) is 73.2. The minimum atomic E-state index is -10.1. The van der Waals surface area contributed by atoms with Gasteiger partial charge in [0.2, 0.25) is 0 Å². The summed E-state index contributed by atoms with van der Waals surface area (Å²) in [5.41, 5.74) is -13.2. The average molecular weight is 2010 g/mol. The third kappa shape index (κ3) is 19.5. The van der Waals surface area contributed by atoms with Gasteiger partial charge < -0.3 is 0 Å². The van der Waals surface area contributed by atoms with Gasteiger partial charge in [0.15, 0.2) is 0 Å². The van der Waals surface area contributed by atoms with Crippen molar-refractivity contribution in [2.24, 2.45) is 0 Å². The number of hydrogen-bond acceptors (Lipinski definition) is 12. The van der Waals surface area contributed by atoms with E-state index in [1.165, 1.54) is 72.8 Å². The van der Waals surface area contributed by atoms with Gasteiger partial charge in [-0.2, -0.15) is 113 Å². The second-order valence-electron chi connectivity index (χ2n) is 30.2. The fourth-order valence-corrected chi connectivity index (χ4v) is 20.3. The van der Waals surface area contributed by atoms with E-state index in [9.17, 15) is 140 Å². The highest BCUT2D eigenvalue weighted by Gasteiger charge is 2.66. The number of allylic oxidation sites excluding steroid dienone is 9. The number of benzene rings is 9. The summed E-state index contributed by atoms with van der Waals surface area (Å²) in [6.45, 7) is 44.6. The summed E-state index contributed by atoms with van der Waals surface area (Å²) in [5, 5.41) is 59.6. The molecule has 6 aliphatic rings. The van der Waals surface area contributed by atoms with E-state index in [0.29, 0.717) is 87.7 Å². The standard InChI is InChI=1S/C32H14F6N4O4S2.C32H14F6N4S2.C30H14F10N4S2/c1-41-30(42-2)20-13-26-27(14-20)29(18-5-9-23(10-6-18)48(45,46)32(36,37)38)25-12-19(21(15-39)16-40)11-24(25)28(26)17-3-7-22(8-4-17)47(43,44)31(33,34)35;1-41-30(42-2)20-13-26-27(14-20)29(18-5-9-23(10-6-18)44-32(36,37)38)25-12-19(21(15-39)16-40)11-24(25)28(26)17-3-7-22(8-4-17)43-31(33,34)35;1-43-30(44-2)20-13-26-27(14-20)29(18-5-9-23(10-6-18)46(36,37,38,39)40)25-12-19(21(15-41)16-42)11-24(25)28(26)17-3-7-22(8-4-17)45(31,32,33,34)35/h3-11,14H,12-13H2;3-11,14H,12-13H2;3-11,14H,12-13H2. The summed E-state index contributed by atoms with van der Waals surface area (Å²) in [7, 11) is -31.5. The van der Waals surface area contributed by atoms with Crippen LogP contribution < -0.4 is 31.3 Å². The minimum absolute atomic E-state index is 0.0285. The zero-order valence-electron chi connectivity index (χ0n) is 68.3. The summed E-state index contributed by atoms with van der Waals surface area (Å²) in [5.74, 6) is -0.878. The van der Waals surface area contributed by atoms with Gasteiger partial charge >= 0.3 is 59.9 Å². The number of thioether (sulfide) groups is 2. The topological polar surface area (TPSA) is 237 Å². The maximum atomic E-state index is 13.5. The molecule has 692 valence electrons. The molecule has 0 saturated carbocycles. The van der Waals surface area contributed by atoms with E-state index in [-0.39, 0.29) is 202 Å². The molecular formula is C94H42F22N12O4S6. The predicted molar refractivity (Wildman–Crippen MR) is 467 cm³/mol. The van der Waals surface area contributed by atoms with Gasteiger partial charge in [0.25, 0.3) is 19.7 Å². The van der Waals surface area contributed by atoms with Gasteiger partial charge in [-0.25, -0.2) is 16.8 Å². The van der Waals surface area contributed by atoms with Gasteiger partial charge in [-0.1, -0.05) is 130 Å². The summed E-state index contributed by atoms with van der Waals surface area (Å²) in [6.07, 6.45) is 8.73. The zero-order chi connectivity index (χ0) is 101. The molecule has 16 nitrogen and oxygen atoms in total. The molecule has 0 aliphatic heterocycles. The van der Waals surface area contributed by atoms with Crippen LogP contribution in [0.4, 0.5) is 91.5 Å². The van der Waals surface area contributed by atoms with Crippen molar-refractivity contribution in [2.45, 2.75) is 89.9 Å². The molecule has 44 heteroatoms. The van der Waals surface area contributed by atoms with Crippen LogP contribution in [-0.4, -0.2) is 38.9 Å². The molecule has 138 heavy (non-hydrogen) atoms. The predicted octanol–water partition coefficient (Wildman–Crippen LogP) is 24.4. The molecule has 15 rings (SSSR count). The van der Waals surface area contributed by atoms with Gasteiger partial charge in [-0.15, -0.1) is 0 Å². The number of rotatable bonds is 12. The van der Waals surface area contributed by atoms with Crippen LogP contribution in [0.2, 0.25) is 0 Å². The number of hydrogen-bond donors (Lipinski definition) is 0. The Bertz CT molecular complexity index is 7860. The first-order chi connectivity index (χ1) is 64.1. The van der Waals surface area contributed by atoms with E-state index < -0.39 is 87.6 Å². The third-order valence-electron chi connectivity index (χ3n) is 22.1. The fourth-order valence-electron chi connectivity index (χ4n) is 16.4. The molecule has 0 spiro atoms. The van der Waals surface area contributed by atoms with Gasteiger partial charge in [-0.05, 0) is 282 Å². The number of fused-ring (bicyclic) bond motifs is 6. The van der Waals surface area contributed by atoms with E-state index in [2.05, 4.69) is 29.1 Å². The molecule has 0 atom stereocenters. The van der Waals surface area contributed by atoms with Crippen molar-refractivity contribution in [1.29, 1.82) is 31.6 Å². The van der Waals surface area contributed by atoms with E-state index in [1.807, 2.05) is 12.1 Å². The van der Waals surface area contributed by atoms with Crippen LogP contribution in [0.3, 0.4) is 0 Å². The molecule has 0 fully saturated rings. The van der Waals surface area contributed by atoms with Crippen LogP contribution in [0.1, 0.15) is 33.4 Å². The molecule has 0 amide bonds. The minimum Gasteiger partial charge on any atom is -0.214 e. The summed E-state index contributed by atoms with van der Waals surface area (Å²) in [4.78, 5) is 13.0. The van der Waals surface area contributed by atoms with Crippen LogP contribution >= 0.6 is 44.0 Å². The first kappa shape index (κ1) is 99.7. The number of nitriles is 6. The Morgan fingerprint density at radius 2 is 0.457 bits per heavy atom. The molecule has 9 aromatic rings. The highest BCUT2D eigenvalue weighted by atomic mass is 32.5. The molecule has 0 N–H and O–H groups in total. The Balaban J connectivity index is 0.000000175. The molecule has 6 aliphatic carbocycles. The number of sulfone groups is 2. The van der Waals surface area contributed by atoms with Crippen molar-refractivity contribution in [3.8, 4) is 103 Å². The van der Waals surface area contributed by atoms with Crippen LogP contribution in [0.25, 0.3) is 132 Å². The molecule has 0 saturated heterocycles. The van der Waals surface area contributed by atoms with Crippen molar-refractivity contribution < 1.29 is 108 Å². The second kappa shape index (κ2) is 34.3. The summed E-state index contributed by atoms with van der Waals surface area (Å²) in [6, 6.07) is 33.6. The van der Waals surface area contributed by atoms with Crippen molar-refractivity contribution >= 4 is 100 Å². The molecular weight excluding hydrogens is 1970 g/mol. The molecule has 0 radical (unpaired) electrons. The molecule has 0 bridgehead atoms. The lowest BCUT2D eigenvalue weighted by Gasteiger charge is -2.40. The first-order valence-electron chi connectivity index (χ1n) is 38.2. The third-order valence-corrected chi connectivity index (χ3v) is 28.9. The largest absolute Gasteiger partial charge is 0.522 e. The van der Waals surface area contributed by atoms with Gasteiger partial charge in [0.1, 0.15) is 102 Å². The average Bonchev–Trinajstić information content (AvgIpc) is 1.36. The van der Waals surface area contributed by atoms with Crippen molar-refractivity contribution in [2.75, 3.05) is 0 Å². The summed E-state index contributed by atoms with van der Waals surface area (Å²) < 4.78 is 340. The van der Waals surface area contributed by atoms with E-state index in [4.69, 9.17) is 39.4 Å². The van der Waals surface area contributed by atoms with Crippen molar-refractivity contribution in [3.05, 3.63) is 346 Å². The highest BCUT2D eigenvalue weighted by Crippen LogP contribution is 3.03. The number of alkyl halides is 12. The Morgan fingerprint density at radius 1 is 0.283 bits per heavy atom. The highest BCUT2D eigenvalue weighted by molar-refractivity contribution is 8.46. The van der Waals surface area contributed by atoms with Crippen molar-refractivity contribution in [1.82, 2.24) is 0 Å². The maximum absolute atomic E-state index is 13.5. The van der Waals surface area contributed by atoms with Gasteiger partial charge in [0.05, 0.1) is 26.5 Å². The lowest BCUT2D eigenvalue weighted by Crippen LogP contribution is -2.24. The Morgan fingerprint density at radius 3 is 0.623 bits per heavy atom. The Labute approximate surface area is 774 Å². The van der Waals surface area contributed by atoms with Crippen molar-refractivity contribution in [3.63, 3.8) is 0 Å². The first-order valence-corrected chi connectivity index (χ1v) is 46.7. The van der Waals surface area contributed by atoms with E-state index in [0.717, 1.165) is 72.8 Å². The lowest BCUT2D eigenvalue weighted by molar-refractivity contribution is -0.0442. The SMILES string of the molecule is [C-]#[N+]C([N+]#[C-])=C1C=c2c(c(-c3ccc(S(=O)(=O)C(F)(F)F)cc3)c3c(c2-c2ccc(S(=O)(=O)C(F)(F)F)cc2)CC(=C(C#N)C#N)C=3)C1.[C-]#[N+]C([N+]#[C-])=C1C=c2c(c(-c3ccc(S(F)(F)(F)(F)F)cc3)c3c(c2-c2ccc(S(F)(F)(F)(F)F)cc2)CC(=C(C#N)C#N)C=3)C1.[C-]#[N+]C([N+]#[C-])=C1C=c2c(c(-c3ccc(SC(F)(F)F)cc3)c3c(c2-c2ccc(SC(F)(F)F)cc2)CC(=C(C#N)C#N)C=3)C1. The molecule has 0 unspecified atom stereocenters. The van der Waals surface area contributed by atoms with Gasteiger partial charge in [0, 0.05) is 29.1 Å². The van der Waals surface area contributed by atoms with E-state index >= 15 is 0 Å². The lowest BCUT2D eigenvalue weighted by atomic mass is 9.87. The fraction of sp³-hybridized carbons (Fsp3) is 0.106. The molecule has 0 heterocycles. The summed E-state index contributed by atoms with van der Waals surface area (Å²) >= 11 is -0.519. The molecule has 9 aromatic carbocycles.